The Hall–Kier alpha value is -0.970. The number of fused-ring (bicyclic) bond motifs is 1. The van der Waals surface area contributed by atoms with Crippen molar-refractivity contribution in [2.45, 2.75) is 32.4 Å². The topological polar surface area (TPSA) is 45.1 Å². The van der Waals surface area contributed by atoms with E-state index in [2.05, 4.69) is 28.7 Å². The average molecular weight is 250 g/mol. The van der Waals surface area contributed by atoms with Crippen LogP contribution in [-0.4, -0.2) is 22.7 Å². The van der Waals surface area contributed by atoms with Gasteiger partial charge in [0.15, 0.2) is 0 Å². The predicted molar refractivity (Wildman–Crippen MR) is 72.2 cm³/mol. The van der Waals surface area contributed by atoms with Crippen molar-refractivity contribution in [1.82, 2.24) is 10.3 Å². The first-order valence-corrected chi connectivity index (χ1v) is 6.84. The molecule has 0 amide bonds. The van der Waals surface area contributed by atoms with Crippen LogP contribution in [-0.2, 0) is 6.54 Å². The number of rotatable bonds is 6. The SMILES string of the molecule is CC(CCCO)NCc1cnc2ccsc2c1. The van der Waals surface area contributed by atoms with Gasteiger partial charge in [0.05, 0.1) is 10.2 Å². The smallest absolute Gasteiger partial charge is 0.0809 e. The zero-order valence-electron chi connectivity index (χ0n) is 10.0. The van der Waals surface area contributed by atoms with Crippen molar-refractivity contribution in [3.8, 4) is 0 Å². The number of hydrogen-bond acceptors (Lipinski definition) is 4. The van der Waals surface area contributed by atoms with E-state index < -0.39 is 0 Å². The Labute approximate surface area is 106 Å². The molecule has 2 rings (SSSR count). The van der Waals surface area contributed by atoms with Crippen LogP contribution in [0.2, 0.25) is 0 Å². The summed E-state index contributed by atoms with van der Waals surface area (Å²) in [5.41, 5.74) is 2.29. The normalized spacial score (nSPS) is 13.1. The van der Waals surface area contributed by atoms with E-state index in [1.165, 1.54) is 10.3 Å². The minimum atomic E-state index is 0.273. The van der Waals surface area contributed by atoms with Crippen LogP contribution in [0.25, 0.3) is 10.2 Å². The summed E-state index contributed by atoms with van der Waals surface area (Å²) in [6.07, 6.45) is 3.79. The first-order chi connectivity index (χ1) is 8.29. The zero-order valence-corrected chi connectivity index (χ0v) is 10.8. The fraction of sp³-hybridized carbons (Fsp3) is 0.462. The highest BCUT2D eigenvalue weighted by molar-refractivity contribution is 7.17. The quantitative estimate of drug-likeness (QED) is 0.828. The third-order valence-electron chi connectivity index (χ3n) is 2.81. The second-order valence-corrected chi connectivity index (χ2v) is 5.24. The Bertz CT molecular complexity index is 469. The van der Waals surface area contributed by atoms with E-state index in [1.54, 1.807) is 11.3 Å². The van der Waals surface area contributed by atoms with Gasteiger partial charge in [-0.2, -0.15) is 0 Å². The van der Waals surface area contributed by atoms with Gasteiger partial charge >= 0.3 is 0 Å². The van der Waals surface area contributed by atoms with Gasteiger partial charge in [-0.25, -0.2) is 0 Å². The summed E-state index contributed by atoms with van der Waals surface area (Å²) in [5.74, 6) is 0. The van der Waals surface area contributed by atoms with E-state index in [1.807, 2.05) is 12.3 Å². The molecule has 0 aromatic carbocycles. The molecule has 3 nitrogen and oxygen atoms in total. The summed E-state index contributed by atoms with van der Waals surface area (Å²) < 4.78 is 1.24. The van der Waals surface area contributed by atoms with Crippen molar-refractivity contribution in [3.05, 3.63) is 29.3 Å². The molecular weight excluding hydrogens is 232 g/mol. The lowest BCUT2D eigenvalue weighted by atomic mass is 10.2. The lowest BCUT2D eigenvalue weighted by Gasteiger charge is -2.12. The molecule has 0 saturated heterocycles. The van der Waals surface area contributed by atoms with Gasteiger partial charge in [-0.3, -0.25) is 4.98 Å². The highest BCUT2D eigenvalue weighted by atomic mass is 32.1. The Balaban J connectivity index is 1.89. The fourth-order valence-corrected chi connectivity index (χ4v) is 2.58. The van der Waals surface area contributed by atoms with Crippen LogP contribution in [0, 0.1) is 0 Å². The van der Waals surface area contributed by atoms with Gasteiger partial charge in [0.25, 0.3) is 0 Å². The van der Waals surface area contributed by atoms with Gasteiger partial charge < -0.3 is 10.4 Å². The Morgan fingerprint density at radius 1 is 1.53 bits per heavy atom. The van der Waals surface area contributed by atoms with Gasteiger partial charge in [0.1, 0.15) is 0 Å². The van der Waals surface area contributed by atoms with Crippen molar-refractivity contribution >= 4 is 21.6 Å². The van der Waals surface area contributed by atoms with Crippen LogP contribution in [0.15, 0.2) is 23.7 Å². The first kappa shape index (κ1) is 12.5. The number of aliphatic hydroxyl groups excluding tert-OH is 1. The van der Waals surface area contributed by atoms with E-state index in [4.69, 9.17) is 5.11 Å². The van der Waals surface area contributed by atoms with Crippen molar-refractivity contribution in [2.24, 2.45) is 0 Å². The highest BCUT2D eigenvalue weighted by Crippen LogP contribution is 2.19. The number of nitrogens with one attached hydrogen (secondary N) is 1. The summed E-state index contributed by atoms with van der Waals surface area (Å²) in [7, 11) is 0. The maximum absolute atomic E-state index is 8.76. The third kappa shape index (κ3) is 3.49. The Morgan fingerprint density at radius 2 is 2.41 bits per heavy atom. The highest BCUT2D eigenvalue weighted by Gasteiger charge is 2.03. The van der Waals surface area contributed by atoms with Gasteiger partial charge in [0.2, 0.25) is 0 Å². The lowest BCUT2D eigenvalue weighted by molar-refractivity contribution is 0.276. The predicted octanol–water partition coefficient (Wildman–Crippen LogP) is 2.55. The lowest BCUT2D eigenvalue weighted by Crippen LogP contribution is -2.25. The number of aliphatic hydroxyl groups is 1. The largest absolute Gasteiger partial charge is 0.396 e. The van der Waals surface area contributed by atoms with Crippen molar-refractivity contribution in [1.29, 1.82) is 0 Å². The van der Waals surface area contributed by atoms with E-state index in [0.717, 1.165) is 24.9 Å². The van der Waals surface area contributed by atoms with Crippen LogP contribution in [0.3, 0.4) is 0 Å². The number of aromatic nitrogens is 1. The molecule has 2 N–H and O–H groups in total. The van der Waals surface area contributed by atoms with Gasteiger partial charge in [-0.05, 0) is 42.8 Å². The van der Waals surface area contributed by atoms with Crippen LogP contribution in [0.5, 0.6) is 0 Å². The molecule has 17 heavy (non-hydrogen) atoms. The average Bonchev–Trinajstić information content (AvgIpc) is 2.81. The molecule has 0 aliphatic carbocycles. The molecule has 1 atom stereocenters. The minimum Gasteiger partial charge on any atom is -0.396 e. The van der Waals surface area contributed by atoms with E-state index in [9.17, 15) is 0 Å². The minimum absolute atomic E-state index is 0.273. The first-order valence-electron chi connectivity index (χ1n) is 5.96. The molecule has 92 valence electrons. The third-order valence-corrected chi connectivity index (χ3v) is 3.66. The second kappa shape index (κ2) is 6.10. The van der Waals surface area contributed by atoms with E-state index >= 15 is 0 Å². The zero-order chi connectivity index (χ0) is 12.1. The van der Waals surface area contributed by atoms with Crippen molar-refractivity contribution in [2.75, 3.05) is 6.61 Å². The molecular formula is C13H18N2OS. The summed E-state index contributed by atoms with van der Waals surface area (Å²) >= 11 is 1.73. The number of pyridine rings is 1. The molecule has 0 aliphatic rings. The van der Waals surface area contributed by atoms with Crippen LogP contribution in [0.1, 0.15) is 25.3 Å². The number of thiophene rings is 1. The fourth-order valence-electron chi connectivity index (χ4n) is 1.78. The maximum atomic E-state index is 8.76. The summed E-state index contributed by atoms with van der Waals surface area (Å²) in [5, 5.41) is 14.3. The van der Waals surface area contributed by atoms with Crippen molar-refractivity contribution in [3.63, 3.8) is 0 Å². The molecule has 1 unspecified atom stereocenters. The Morgan fingerprint density at radius 3 is 3.24 bits per heavy atom. The van der Waals surface area contributed by atoms with Crippen molar-refractivity contribution < 1.29 is 5.11 Å². The molecule has 2 aromatic heterocycles. The van der Waals surface area contributed by atoms with Gasteiger partial charge in [0, 0.05) is 25.4 Å². The van der Waals surface area contributed by atoms with E-state index in [-0.39, 0.29) is 6.61 Å². The van der Waals surface area contributed by atoms with Gasteiger partial charge in [-0.15, -0.1) is 11.3 Å². The molecule has 0 fully saturated rings. The maximum Gasteiger partial charge on any atom is 0.0809 e. The molecule has 0 radical (unpaired) electrons. The summed E-state index contributed by atoms with van der Waals surface area (Å²) in [4.78, 5) is 4.41. The molecule has 0 bridgehead atoms. The summed E-state index contributed by atoms with van der Waals surface area (Å²) in [6, 6.07) is 4.67. The summed E-state index contributed by atoms with van der Waals surface area (Å²) in [6.45, 7) is 3.26. The van der Waals surface area contributed by atoms with Crippen LogP contribution >= 0.6 is 11.3 Å². The van der Waals surface area contributed by atoms with E-state index in [0.29, 0.717) is 6.04 Å². The molecule has 2 aromatic rings. The second-order valence-electron chi connectivity index (χ2n) is 4.30. The van der Waals surface area contributed by atoms with Crippen LogP contribution in [0.4, 0.5) is 0 Å². The van der Waals surface area contributed by atoms with Crippen LogP contribution < -0.4 is 5.32 Å². The Kier molecular flexibility index (Phi) is 4.48. The number of nitrogens with zero attached hydrogens (tertiary/aromatic N) is 1. The molecule has 0 spiro atoms. The van der Waals surface area contributed by atoms with Gasteiger partial charge in [-0.1, -0.05) is 0 Å². The molecule has 0 aliphatic heterocycles. The molecule has 0 saturated carbocycles. The molecule has 4 heteroatoms. The number of hydrogen-bond donors (Lipinski definition) is 2. The standard InChI is InChI=1S/C13H18N2OS/c1-10(3-2-5-16)14-8-11-7-13-12(15-9-11)4-6-17-13/h4,6-7,9-10,14,16H,2-3,5,8H2,1H3. The monoisotopic (exact) mass is 250 g/mol. The molecule has 2 heterocycles.